The number of aryl methyl sites for hydroxylation is 1. The molecular formula is C16H21N3OS2. The lowest BCUT2D eigenvalue weighted by Crippen LogP contribution is -2.40. The van der Waals surface area contributed by atoms with Gasteiger partial charge in [0.25, 0.3) is 0 Å². The molecule has 6 heteroatoms. The van der Waals surface area contributed by atoms with Gasteiger partial charge in [-0.1, -0.05) is 30.3 Å². The Balaban J connectivity index is 1.96. The number of carbonyl (C=O) groups is 1. The maximum absolute atomic E-state index is 11.9. The van der Waals surface area contributed by atoms with Crippen LogP contribution in [0.15, 0.2) is 30.3 Å². The molecule has 0 spiro atoms. The summed E-state index contributed by atoms with van der Waals surface area (Å²) in [6.45, 7) is 2.46. The third-order valence-corrected chi connectivity index (χ3v) is 5.16. The molecule has 1 heterocycles. The molecule has 1 amide bonds. The number of amides is 1. The van der Waals surface area contributed by atoms with Crippen LogP contribution >= 0.6 is 23.1 Å². The molecule has 3 N–H and O–H groups in total. The highest BCUT2D eigenvalue weighted by Crippen LogP contribution is 2.27. The van der Waals surface area contributed by atoms with Crippen molar-refractivity contribution in [1.29, 1.82) is 0 Å². The smallest absolute Gasteiger partial charge is 0.237 e. The summed E-state index contributed by atoms with van der Waals surface area (Å²) in [4.78, 5) is 17.6. The van der Waals surface area contributed by atoms with Gasteiger partial charge in [-0.3, -0.25) is 4.79 Å². The van der Waals surface area contributed by atoms with Gasteiger partial charge < -0.3 is 11.1 Å². The molecule has 4 nitrogen and oxygen atoms in total. The molecule has 0 saturated heterocycles. The van der Waals surface area contributed by atoms with E-state index in [1.807, 2.05) is 43.5 Å². The molecule has 118 valence electrons. The highest BCUT2D eigenvalue weighted by Gasteiger charge is 2.14. The van der Waals surface area contributed by atoms with E-state index in [1.54, 1.807) is 23.1 Å². The Bertz CT molecular complexity index is 613. The summed E-state index contributed by atoms with van der Waals surface area (Å²) in [6, 6.07) is 9.63. The third-order valence-electron chi connectivity index (χ3n) is 3.31. The van der Waals surface area contributed by atoms with Crippen molar-refractivity contribution >= 4 is 29.0 Å². The summed E-state index contributed by atoms with van der Waals surface area (Å²) in [6.07, 6.45) is 2.71. The van der Waals surface area contributed by atoms with Crippen molar-refractivity contribution in [3.8, 4) is 10.6 Å². The van der Waals surface area contributed by atoms with Crippen molar-refractivity contribution < 1.29 is 4.79 Å². The number of benzene rings is 1. The second-order valence-electron chi connectivity index (χ2n) is 5.00. The lowest BCUT2D eigenvalue weighted by molar-refractivity contribution is -0.122. The average molecular weight is 335 g/mol. The van der Waals surface area contributed by atoms with E-state index in [2.05, 4.69) is 10.3 Å². The number of carbonyl (C=O) groups excluding carboxylic acids is 1. The van der Waals surface area contributed by atoms with E-state index in [0.29, 0.717) is 13.0 Å². The average Bonchev–Trinajstić information content (AvgIpc) is 2.92. The lowest BCUT2D eigenvalue weighted by Gasteiger charge is -2.10. The van der Waals surface area contributed by atoms with Gasteiger partial charge in [-0.2, -0.15) is 11.8 Å². The number of nitrogens with zero attached hydrogens (tertiary/aromatic N) is 1. The highest BCUT2D eigenvalue weighted by molar-refractivity contribution is 7.98. The van der Waals surface area contributed by atoms with Gasteiger partial charge in [-0.25, -0.2) is 4.98 Å². The molecule has 1 aromatic carbocycles. The first kappa shape index (κ1) is 17.0. The number of thiazole rings is 1. The predicted octanol–water partition coefficient (Wildman–Crippen LogP) is 2.82. The first-order valence-electron chi connectivity index (χ1n) is 7.15. The molecule has 0 radical (unpaired) electrons. The largest absolute Gasteiger partial charge is 0.350 e. The number of rotatable bonds is 7. The standard InChI is InChI=1S/C16H21N3OS2/c1-11-14(10-18-15(20)13(17)8-9-21-2)22-16(19-11)12-6-4-3-5-7-12/h3-7,13H,8-10,17H2,1-2H3,(H,18,20)/t13-/m0/s1. The van der Waals surface area contributed by atoms with Crippen LogP contribution in [-0.4, -0.2) is 28.9 Å². The number of thioether (sulfide) groups is 1. The zero-order chi connectivity index (χ0) is 15.9. The minimum Gasteiger partial charge on any atom is -0.350 e. The summed E-state index contributed by atoms with van der Waals surface area (Å²) < 4.78 is 0. The number of nitrogens with one attached hydrogen (secondary N) is 1. The summed E-state index contributed by atoms with van der Waals surface area (Å²) >= 11 is 3.31. The zero-order valence-electron chi connectivity index (χ0n) is 12.8. The molecule has 1 aromatic heterocycles. The van der Waals surface area contributed by atoms with Crippen LogP contribution in [0.25, 0.3) is 10.6 Å². The van der Waals surface area contributed by atoms with Gasteiger partial charge in [-0.05, 0) is 25.4 Å². The van der Waals surface area contributed by atoms with E-state index in [9.17, 15) is 4.79 Å². The van der Waals surface area contributed by atoms with Crippen LogP contribution in [-0.2, 0) is 11.3 Å². The molecule has 1 atom stereocenters. The number of hydrogen-bond acceptors (Lipinski definition) is 5. The van der Waals surface area contributed by atoms with Crippen LogP contribution < -0.4 is 11.1 Å². The van der Waals surface area contributed by atoms with Crippen molar-refractivity contribution in [3.05, 3.63) is 40.9 Å². The SMILES string of the molecule is CSCC[C@H](N)C(=O)NCc1sc(-c2ccccc2)nc1C. The predicted molar refractivity (Wildman–Crippen MR) is 95.1 cm³/mol. The van der Waals surface area contributed by atoms with Gasteiger partial charge in [0.2, 0.25) is 5.91 Å². The minimum absolute atomic E-state index is 0.0943. The summed E-state index contributed by atoms with van der Waals surface area (Å²) in [7, 11) is 0. The Kier molecular flexibility index (Phi) is 6.42. The summed E-state index contributed by atoms with van der Waals surface area (Å²) in [5.74, 6) is 0.801. The van der Waals surface area contributed by atoms with Gasteiger partial charge in [0, 0.05) is 10.4 Å². The van der Waals surface area contributed by atoms with Crippen molar-refractivity contribution in [2.75, 3.05) is 12.0 Å². The minimum atomic E-state index is -0.436. The van der Waals surface area contributed by atoms with Crippen LogP contribution in [0.3, 0.4) is 0 Å². The van der Waals surface area contributed by atoms with Crippen LogP contribution in [0.4, 0.5) is 0 Å². The van der Waals surface area contributed by atoms with Gasteiger partial charge >= 0.3 is 0 Å². The van der Waals surface area contributed by atoms with Crippen molar-refractivity contribution in [3.63, 3.8) is 0 Å². The third kappa shape index (κ3) is 4.56. The second-order valence-corrected chi connectivity index (χ2v) is 7.07. The fourth-order valence-corrected chi connectivity index (χ4v) is 3.47. The molecular weight excluding hydrogens is 314 g/mol. The van der Waals surface area contributed by atoms with Gasteiger partial charge in [-0.15, -0.1) is 11.3 Å². The van der Waals surface area contributed by atoms with Crippen molar-refractivity contribution in [2.24, 2.45) is 5.73 Å². The molecule has 0 aliphatic carbocycles. The van der Waals surface area contributed by atoms with E-state index in [1.165, 1.54) is 0 Å². The first-order valence-corrected chi connectivity index (χ1v) is 9.36. The molecule has 2 rings (SSSR count). The summed E-state index contributed by atoms with van der Waals surface area (Å²) in [5.41, 5.74) is 7.93. The molecule has 0 unspecified atom stereocenters. The Hall–Kier alpha value is -1.37. The fraction of sp³-hybridized carbons (Fsp3) is 0.375. The zero-order valence-corrected chi connectivity index (χ0v) is 14.5. The number of nitrogens with two attached hydrogens (primary N) is 1. The molecule has 0 bridgehead atoms. The second kappa shape index (κ2) is 8.31. The monoisotopic (exact) mass is 335 g/mol. The fourth-order valence-electron chi connectivity index (χ4n) is 1.97. The van der Waals surface area contributed by atoms with Crippen LogP contribution in [0.5, 0.6) is 0 Å². The Labute approximate surface area is 139 Å². The van der Waals surface area contributed by atoms with Gasteiger partial charge in [0.15, 0.2) is 0 Å². The molecule has 0 fully saturated rings. The van der Waals surface area contributed by atoms with Crippen LogP contribution in [0.2, 0.25) is 0 Å². The van der Waals surface area contributed by atoms with E-state index < -0.39 is 6.04 Å². The lowest BCUT2D eigenvalue weighted by atomic mass is 10.2. The Morgan fingerprint density at radius 1 is 1.41 bits per heavy atom. The maximum Gasteiger partial charge on any atom is 0.237 e. The van der Waals surface area contributed by atoms with Crippen molar-refractivity contribution in [2.45, 2.75) is 25.9 Å². The summed E-state index contributed by atoms with van der Waals surface area (Å²) in [5, 5.41) is 3.89. The van der Waals surface area contributed by atoms with E-state index >= 15 is 0 Å². The normalized spacial score (nSPS) is 12.1. The number of hydrogen-bond donors (Lipinski definition) is 2. The Morgan fingerprint density at radius 2 is 2.14 bits per heavy atom. The highest BCUT2D eigenvalue weighted by atomic mass is 32.2. The molecule has 0 aliphatic rings. The van der Waals surface area contributed by atoms with Gasteiger partial charge in [0.05, 0.1) is 18.3 Å². The van der Waals surface area contributed by atoms with Crippen LogP contribution in [0, 0.1) is 6.92 Å². The van der Waals surface area contributed by atoms with Crippen LogP contribution in [0.1, 0.15) is 17.0 Å². The topological polar surface area (TPSA) is 68.0 Å². The van der Waals surface area contributed by atoms with E-state index in [4.69, 9.17) is 5.73 Å². The van der Waals surface area contributed by atoms with Gasteiger partial charge in [0.1, 0.15) is 5.01 Å². The quantitative estimate of drug-likeness (QED) is 0.816. The molecule has 2 aromatic rings. The molecule has 22 heavy (non-hydrogen) atoms. The number of aromatic nitrogens is 1. The molecule has 0 aliphatic heterocycles. The Morgan fingerprint density at radius 3 is 2.82 bits per heavy atom. The van der Waals surface area contributed by atoms with E-state index in [-0.39, 0.29) is 5.91 Å². The molecule has 0 saturated carbocycles. The maximum atomic E-state index is 11.9. The van der Waals surface area contributed by atoms with E-state index in [0.717, 1.165) is 26.9 Å². The van der Waals surface area contributed by atoms with Crippen molar-refractivity contribution in [1.82, 2.24) is 10.3 Å². The first-order chi connectivity index (χ1) is 10.6.